The first-order valence-corrected chi connectivity index (χ1v) is 6.25. The largest absolute Gasteiger partial charge is 0.393 e. The van der Waals surface area contributed by atoms with Crippen LogP contribution in [0.4, 0.5) is 17.5 Å². The molecule has 1 aromatic heterocycles. The smallest absolute Gasteiger partial charge is 0.329 e. The monoisotopic (exact) mass is 267 g/mol. The van der Waals surface area contributed by atoms with Gasteiger partial charge >= 0.3 is 5.69 Å². The lowest BCUT2D eigenvalue weighted by Crippen LogP contribution is -2.25. The summed E-state index contributed by atoms with van der Waals surface area (Å²) in [6.45, 7) is 0.536. The van der Waals surface area contributed by atoms with E-state index in [4.69, 9.17) is 5.73 Å². The number of nitrogen functional groups attached to an aromatic ring is 1. The fraction of sp³-hybridized carbons (Fsp3) is 0.636. The van der Waals surface area contributed by atoms with E-state index < -0.39 is 4.92 Å². The number of rotatable bonds is 4. The average molecular weight is 267 g/mol. The Morgan fingerprint density at radius 1 is 1.58 bits per heavy atom. The number of nitrogens with zero attached hydrogens (tertiary/aromatic N) is 3. The summed E-state index contributed by atoms with van der Waals surface area (Å²) in [5, 5.41) is 23.4. The van der Waals surface area contributed by atoms with Gasteiger partial charge in [0.15, 0.2) is 0 Å². The second-order valence-electron chi connectivity index (χ2n) is 4.79. The molecule has 0 bridgehead atoms. The Bertz CT molecular complexity index is 468. The number of nitro groups is 1. The molecule has 0 saturated heterocycles. The minimum Gasteiger partial charge on any atom is -0.393 e. The number of anilines is 2. The van der Waals surface area contributed by atoms with Crippen LogP contribution in [-0.2, 0) is 0 Å². The maximum absolute atomic E-state index is 10.8. The highest BCUT2D eigenvalue weighted by Crippen LogP contribution is 2.26. The highest BCUT2D eigenvalue weighted by molar-refractivity contribution is 5.56. The molecule has 0 radical (unpaired) electrons. The van der Waals surface area contributed by atoms with E-state index in [9.17, 15) is 15.2 Å². The Morgan fingerprint density at radius 3 is 3.05 bits per heavy atom. The molecule has 8 nitrogen and oxygen atoms in total. The number of nitrogens with one attached hydrogen (secondary N) is 1. The molecule has 4 N–H and O–H groups in total. The second-order valence-corrected chi connectivity index (χ2v) is 4.79. The lowest BCUT2D eigenvalue weighted by molar-refractivity contribution is -0.384. The third-order valence-electron chi connectivity index (χ3n) is 3.30. The molecule has 1 fully saturated rings. The van der Waals surface area contributed by atoms with Gasteiger partial charge in [0.25, 0.3) is 0 Å². The van der Waals surface area contributed by atoms with Crippen molar-refractivity contribution in [3.8, 4) is 0 Å². The van der Waals surface area contributed by atoms with Crippen molar-refractivity contribution >= 4 is 17.5 Å². The zero-order chi connectivity index (χ0) is 13.8. The van der Waals surface area contributed by atoms with Crippen molar-refractivity contribution in [2.24, 2.45) is 5.92 Å². The summed E-state index contributed by atoms with van der Waals surface area (Å²) in [6.07, 6.45) is 4.34. The molecule has 1 heterocycles. The molecule has 0 spiro atoms. The number of aromatic nitrogens is 2. The number of hydrogen-bond donors (Lipinski definition) is 3. The highest BCUT2D eigenvalue weighted by Gasteiger charge is 2.22. The van der Waals surface area contributed by atoms with Crippen LogP contribution in [0.3, 0.4) is 0 Å². The molecule has 0 aromatic carbocycles. The lowest BCUT2D eigenvalue weighted by atomic mass is 9.87. The van der Waals surface area contributed by atoms with E-state index in [2.05, 4.69) is 15.3 Å². The van der Waals surface area contributed by atoms with Gasteiger partial charge in [0, 0.05) is 6.54 Å². The molecule has 104 valence electrons. The summed E-state index contributed by atoms with van der Waals surface area (Å²) in [6, 6.07) is 0. The van der Waals surface area contributed by atoms with Crippen LogP contribution < -0.4 is 11.1 Å². The Labute approximate surface area is 110 Å². The quantitative estimate of drug-likeness (QED) is 0.547. The van der Waals surface area contributed by atoms with Gasteiger partial charge in [-0.2, -0.15) is 4.98 Å². The van der Waals surface area contributed by atoms with Gasteiger partial charge in [-0.15, -0.1) is 0 Å². The van der Waals surface area contributed by atoms with Crippen LogP contribution in [0.2, 0.25) is 0 Å². The third-order valence-corrected chi connectivity index (χ3v) is 3.30. The molecule has 2 rings (SSSR count). The maximum atomic E-state index is 10.8. The van der Waals surface area contributed by atoms with Crippen molar-refractivity contribution in [2.75, 3.05) is 17.6 Å². The molecule has 19 heavy (non-hydrogen) atoms. The van der Waals surface area contributed by atoms with Crippen molar-refractivity contribution in [1.82, 2.24) is 9.97 Å². The van der Waals surface area contributed by atoms with Crippen molar-refractivity contribution in [3.05, 3.63) is 16.3 Å². The van der Waals surface area contributed by atoms with E-state index in [1.54, 1.807) is 0 Å². The summed E-state index contributed by atoms with van der Waals surface area (Å²) in [7, 11) is 0. The average Bonchev–Trinajstić information content (AvgIpc) is 2.36. The van der Waals surface area contributed by atoms with Crippen molar-refractivity contribution in [2.45, 2.75) is 31.8 Å². The van der Waals surface area contributed by atoms with Crippen molar-refractivity contribution in [3.63, 3.8) is 0 Å². The molecule has 1 aliphatic carbocycles. The highest BCUT2D eigenvalue weighted by atomic mass is 16.6. The van der Waals surface area contributed by atoms with E-state index in [-0.39, 0.29) is 23.6 Å². The number of nitrogens with two attached hydrogens (primary N) is 1. The molecule has 0 amide bonds. The SMILES string of the molecule is Nc1ncc([N+](=O)[O-])c(NCC2CCCC(O)C2)n1. The standard InChI is InChI=1S/C11H17N5O3/c12-11-14-6-9(16(18)19)10(15-11)13-5-7-2-1-3-8(17)4-7/h6-8,17H,1-5H2,(H3,12,13,14,15). The van der Waals surface area contributed by atoms with Crippen LogP contribution in [0.25, 0.3) is 0 Å². The Hall–Kier alpha value is -1.96. The molecule has 2 unspecified atom stereocenters. The second kappa shape index (κ2) is 5.79. The lowest BCUT2D eigenvalue weighted by Gasteiger charge is -2.25. The zero-order valence-corrected chi connectivity index (χ0v) is 10.5. The van der Waals surface area contributed by atoms with Crippen LogP contribution in [-0.4, -0.2) is 32.6 Å². The molecule has 1 aliphatic rings. The van der Waals surface area contributed by atoms with Crippen molar-refractivity contribution < 1.29 is 10.0 Å². The van der Waals surface area contributed by atoms with E-state index in [1.165, 1.54) is 0 Å². The summed E-state index contributed by atoms with van der Waals surface area (Å²) >= 11 is 0. The number of aliphatic hydroxyl groups is 1. The molecular formula is C11H17N5O3. The predicted molar refractivity (Wildman–Crippen MR) is 69.6 cm³/mol. The van der Waals surface area contributed by atoms with Gasteiger partial charge < -0.3 is 16.2 Å². The first kappa shape index (κ1) is 13.5. The number of hydrogen-bond acceptors (Lipinski definition) is 7. The summed E-state index contributed by atoms with van der Waals surface area (Å²) in [5.74, 6) is 0.425. The van der Waals surface area contributed by atoms with Crippen LogP contribution in [0.5, 0.6) is 0 Å². The van der Waals surface area contributed by atoms with Gasteiger partial charge in [-0.05, 0) is 25.2 Å². The topological polar surface area (TPSA) is 127 Å². The van der Waals surface area contributed by atoms with Gasteiger partial charge in [0.1, 0.15) is 6.20 Å². The fourth-order valence-corrected chi connectivity index (χ4v) is 2.34. The molecule has 1 saturated carbocycles. The van der Waals surface area contributed by atoms with Crippen LogP contribution in [0, 0.1) is 16.0 Å². The van der Waals surface area contributed by atoms with Gasteiger partial charge in [-0.1, -0.05) is 6.42 Å². The minimum atomic E-state index is -0.544. The molecule has 8 heteroatoms. The maximum Gasteiger partial charge on any atom is 0.329 e. The molecule has 2 atom stereocenters. The summed E-state index contributed by atoms with van der Waals surface area (Å²) < 4.78 is 0. The number of aliphatic hydroxyl groups excluding tert-OH is 1. The van der Waals surface area contributed by atoms with Gasteiger partial charge in [0.05, 0.1) is 11.0 Å². The van der Waals surface area contributed by atoms with Crippen LogP contribution >= 0.6 is 0 Å². The fourth-order valence-electron chi connectivity index (χ4n) is 2.34. The normalized spacial score (nSPS) is 23.0. The third kappa shape index (κ3) is 3.50. The summed E-state index contributed by atoms with van der Waals surface area (Å²) in [5.41, 5.74) is 5.24. The first-order chi connectivity index (χ1) is 9.06. The molecule has 1 aromatic rings. The van der Waals surface area contributed by atoms with Gasteiger partial charge in [0.2, 0.25) is 11.8 Å². The Morgan fingerprint density at radius 2 is 2.37 bits per heavy atom. The van der Waals surface area contributed by atoms with E-state index in [1.807, 2.05) is 0 Å². The minimum absolute atomic E-state index is 0.00298. The zero-order valence-electron chi connectivity index (χ0n) is 10.5. The summed E-state index contributed by atoms with van der Waals surface area (Å²) in [4.78, 5) is 17.8. The van der Waals surface area contributed by atoms with E-state index in [0.29, 0.717) is 18.9 Å². The van der Waals surface area contributed by atoms with E-state index in [0.717, 1.165) is 25.5 Å². The van der Waals surface area contributed by atoms with Gasteiger partial charge in [-0.25, -0.2) is 4.98 Å². The molecule has 0 aliphatic heterocycles. The van der Waals surface area contributed by atoms with Crippen LogP contribution in [0.15, 0.2) is 6.20 Å². The molecular weight excluding hydrogens is 250 g/mol. The van der Waals surface area contributed by atoms with E-state index >= 15 is 0 Å². The van der Waals surface area contributed by atoms with Gasteiger partial charge in [-0.3, -0.25) is 10.1 Å². The Kier molecular flexibility index (Phi) is 4.10. The van der Waals surface area contributed by atoms with Crippen molar-refractivity contribution in [1.29, 1.82) is 0 Å². The van der Waals surface area contributed by atoms with Crippen LogP contribution in [0.1, 0.15) is 25.7 Å². The first-order valence-electron chi connectivity index (χ1n) is 6.25. The Balaban J connectivity index is 2.02. The predicted octanol–water partition coefficient (Wildman–Crippen LogP) is 0.930.